The van der Waals surface area contributed by atoms with Gasteiger partial charge >= 0.3 is 0 Å². The van der Waals surface area contributed by atoms with Gasteiger partial charge in [-0.05, 0) is 17.7 Å². The highest BCUT2D eigenvalue weighted by Gasteiger charge is 2.47. The molecule has 1 heterocycles. The van der Waals surface area contributed by atoms with Crippen LogP contribution in [-0.2, 0) is 18.4 Å². The Kier molecular flexibility index (Phi) is 4.28. The van der Waals surface area contributed by atoms with Crippen LogP contribution in [0.15, 0.2) is 60.7 Å². The van der Waals surface area contributed by atoms with Crippen molar-refractivity contribution < 1.29 is 30.3 Å². The predicted molar refractivity (Wildman–Crippen MR) is 102 cm³/mol. The third kappa shape index (κ3) is 2.97. The summed E-state index contributed by atoms with van der Waals surface area (Å²) in [5, 5.41) is 50.8. The number of aromatic hydroxyl groups is 4. The largest absolute Gasteiger partial charge is 0.508 e. The van der Waals surface area contributed by atoms with E-state index < -0.39 is 11.7 Å². The van der Waals surface area contributed by atoms with Gasteiger partial charge in [0.2, 0.25) is 0 Å². The fourth-order valence-electron chi connectivity index (χ4n) is 3.73. The molecule has 6 nitrogen and oxygen atoms in total. The van der Waals surface area contributed by atoms with E-state index in [9.17, 15) is 25.5 Å². The Morgan fingerprint density at radius 1 is 0.857 bits per heavy atom. The van der Waals surface area contributed by atoms with Crippen LogP contribution >= 0.6 is 0 Å². The molecule has 144 valence electrons. The summed E-state index contributed by atoms with van der Waals surface area (Å²) in [4.78, 5) is 0. The van der Waals surface area contributed by atoms with E-state index in [4.69, 9.17) is 4.74 Å². The van der Waals surface area contributed by atoms with Gasteiger partial charge in [-0.1, -0.05) is 36.4 Å². The molecule has 0 saturated carbocycles. The van der Waals surface area contributed by atoms with Gasteiger partial charge in [0.05, 0.1) is 0 Å². The molecular weight excluding hydrogens is 360 g/mol. The summed E-state index contributed by atoms with van der Waals surface area (Å²) in [6, 6.07) is 16.3. The molecule has 0 spiro atoms. The first-order chi connectivity index (χ1) is 13.4. The number of fused-ring (bicyclic) bond motifs is 1. The fraction of sp³-hybridized carbons (Fsp3) is 0.182. The number of phenols is 4. The van der Waals surface area contributed by atoms with E-state index in [0.29, 0.717) is 11.1 Å². The van der Waals surface area contributed by atoms with E-state index in [1.807, 2.05) is 30.3 Å². The van der Waals surface area contributed by atoms with Crippen LogP contribution in [0.1, 0.15) is 16.7 Å². The van der Waals surface area contributed by atoms with E-state index in [1.165, 1.54) is 24.3 Å². The molecule has 3 aromatic carbocycles. The van der Waals surface area contributed by atoms with Crippen molar-refractivity contribution >= 4 is 0 Å². The summed E-state index contributed by atoms with van der Waals surface area (Å²) in [7, 11) is 0. The second-order valence-corrected chi connectivity index (χ2v) is 7.02. The summed E-state index contributed by atoms with van der Waals surface area (Å²) in [5.74, 6) is -0.665. The van der Waals surface area contributed by atoms with Crippen LogP contribution in [-0.4, -0.2) is 31.6 Å². The monoisotopic (exact) mass is 380 g/mol. The molecule has 28 heavy (non-hydrogen) atoms. The quantitative estimate of drug-likeness (QED) is 0.447. The maximum absolute atomic E-state index is 11.1. The van der Waals surface area contributed by atoms with E-state index in [1.54, 1.807) is 6.07 Å². The van der Waals surface area contributed by atoms with Crippen LogP contribution in [0.25, 0.3) is 0 Å². The molecular formula is C22H20O6. The number of aliphatic hydroxyl groups excluding tert-OH is 1. The zero-order valence-corrected chi connectivity index (χ0v) is 14.9. The smallest absolute Gasteiger partial charge is 0.164 e. The van der Waals surface area contributed by atoms with Gasteiger partial charge in [-0.15, -0.1) is 0 Å². The van der Waals surface area contributed by atoms with Gasteiger partial charge in [-0.25, -0.2) is 0 Å². The molecule has 0 radical (unpaired) electrons. The molecule has 6 heteroatoms. The highest BCUT2D eigenvalue weighted by molar-refractivity contribution is 5.53. The first kappa shape index (κ1) is 18.0. The minimum absolute atomic E-state index is 0.0932. The Balaban J connectivity index is 1.88. The van der Waals surface area contributed by atoms with Crippen molar-refractivity contribution in [2.24, 2.45) is 0 Å². The number of hydrogen-bond acceptors (Lipinski definition) is 6. The van der Waals surface area contributed by atoms with Gasteiger partial charge in [-0.2, -0.15) is 0 Å². The molecule has 3 aromatic rings. The zero-order valence-electron chi connectivity index (χ0n) is 14.9. The van der Waals surface area contributed by atoms with E-state index in [2.05, 4.69) is 0 Å². The maximum Gasteiger partial charge on any atom is 0.164 e. The summed E-state index contributed by atoms with van der Waals surface area (Å²) >= 11 is 0. The number of benzene rings is 3. The van der Waals surface area contributed by atoms with E-state index in [0.717, 1.165) is 5.56 Å². The second-order valence-electron chi connectivity index (χ2n) is 7.02. The Hall–Kier alpha value is -3.38. The number of hydrogen-bond donors (Lipinski definition) is 5. The lowest BCUT2D eigenvalue weighted by molar-refractivity contribution is -0.0728. The van der Waals surface area contributed by atoms with Gasteiger partial charge in [0.15, 0.2) is 17.1 Å². The third-order valence-corrected chi connectivity index (χ3v) is 5.17. The molecule has 4 rings (SSSR count). The second kappa shape index (κ2) is 6.65. The average Bonchev–Trinajstić information content (AvgIpc) is 2.66. The number of phenolic OH excluding ortho intramolecular Hbond substituents is 4. The van der Waals surface area contributed by atoms with Gasteiger partial charge < -0.3 is 30.3 Å². The van der Waals surface area contributed by atoms with Crippen molar-refractivity contribution in [1.82, 2.24) is 0 Å². The fourth-order valence-corrected chi connectivity index (χ4v) is 3.73. The highest BCUT2D eigenvalue weighted by Crippen LogP contribution is 2.47. The van der Waals surface area contributed by atoms with Crippen molar-refractivity contribution in [3.63, 3.8) is 0 Å². The summed E-state index contributed by atoms with van der Waals surface area (Å²) in [6.07, 6.45) is -0.690. The Bertz CT molecular complexity index is 1020. The van der Waals surface area contributed by atoms with E-state index >= 15 is 0 Å². The minimum atomic E-state index is -1.29. The van der Waals surface area contributed by atoms with Crippen molar-refractivity contribution in [2.45, 2.75) is 24.5 Å². The standard InChI is InChI=1S/C22H20O6/c23-15-9-18(25)16-11-21(27)22(28-20(16)10-15,12-13-4-2-1-3-5-13)14-6-7-17(24)19(26)8-14/h1-10,21,23-27H,11-12H2/t21-,22?/m1/s1. The van der Waals surface area contributed by atoms with Gasteiger partial charge in [0.25, 0.3) is 0 Å². The van der Waals surface area contributed by atoms with Crippen LogP contribution in [0.2, 0.25) is 0 Å². The average molecular weight is 380 g/mol. The van der Waals surface area contributed by atoms with Crippen LogP contribution in [0.4, 0.5) is 0 Å². The Morgan fingerprint density at radius 2 is 1.61 bits per heavy atom. The minimum Gasteiger partial charge on any atom is -0.508 e. The molecule has 0 fully saturated rings. The topological polar surface area (TPSA) is 110 Å². The van der Waals surface area contributed by atoms with Crippen molar-refractivity contribution in [2.75, 3.05) is 0 Å². The molecule has 2 atom stereocenters. The Labute approximate surface area is 161 Å². The SMILES string of the molecule is Oc1cc(O)c2c(c1)OC(Cc1ccccc1)(c1ccc(O)c(O)c1)[C@H](O)C2. The molecule has 1 aliphatic rings. The van der Waals surface area contributed by atoms with Gasteiger partial charge in [0.1, 0.15) is 23.4 Å². The molecule has 0 amide bonds. The maximum atomic E-state index is 11.1. The molecule has 5 N–H and O–H groups in total. The number of aliphatic hydroxyl groups is 1. The zero-order chi connectivity index (χ0) is 19.9. The van der Waals surface area contributed by atoms with Gasteiger partial charge in [-0.3, -0.25) is 0 Å². The van der Waals surface area contributed by atoms with Gasteiger partial charge in [0, 0.05) is 36.1 Å². The highest BCUT2D eigenvalue weighted by atomic mass is 16.5. The first-order valence-electron chi connectivity index (χ1n) is 8.87. The molecule has 0 aromatic heterocycles. The van der Waals surface area contributed by atoms with Crippen molar-refractivity contribution in [3.05, 3.63) is 77.4 Å². The van der Waals surface area contributed by atoms with Crippen LogP contribution < -0.4 is 4.74 Å². The predicted octanol–water partition coefficient (Wildman–Crippen LogP) is 2.94. The molecule has 0 saturated heterocycles. The summed E-state index contributed by atoms with van der Waals surface area (Å²) < 4.78 is 6.22. The van der Waals surface area contributed by atoms with Crippen LogP contribution in [0.5, 0.6) is 28.7 Å². The van der Waals surface area contributed by atoms with E-state index in [-0.39, 0.29) is 41.6 Å². The number of ether oxygens (including phenoxy) is 1. The lowest BCUT2D eigenvalue weighted by Gasteiger charge is -2.43. The molecule has 1 unspecified atom stereocenters. The lowest BCUT2D eigenvalue weighted by Crippen LogP contribution is -2.50. The molecule has 0 bridgehead atoms. The van der Waals surface area contributed by atoms with Crippen LogP contribution in [0.3, 0.4) is 0 Å². The van der Waals surface area contributed by atoms with Crippen LogP contribution in [0, 0.1) is 0 Å². The van der Waals surface area contributed by atoms with Crippen molar-refractivity contribution in [1.29, 1.82) is 0 Å². The normalized spacial score (nSPS) is 21.0. The van der Waals surface area contributed by atoms with Crippen molar-refractivity contribution in [3.8, 4) is 28.7 Å². The Morgan fingerprint density at radius 3 is 2.32 bits per heavy atom. The molecule has 1 aliphatic heterocycles. The summed E-state index contributed by atoms with van der Waals surface area (Å²) in [5.41, 5.74) is 0.464. The first-order valence-corrected chi connectivity index (χ1v) is 8.87. The summed E-state index contributed by atoms with van der Waals surface area (Å²) in [6.45, 7) is 0. The lowest BCUT2D eigenvalue weighted by atomic mass is 9.77. The molecule has 0 aliphatic carbocycles. The third-order valence-electron chi connectivity index (χ3n) is 5.17. The number of rotatable bonds is 3.